The summed E-state index contributed by atoms with van der Waals surface area (Å²) in [6, 6.07) is 0. The van der Waals surface area contributed by atoms with Crippen LogP contribution in [-0.2, 0) is 19.4 Å². The van der Waals surface area contributed by atoms with Crippen LogP contribution in [0.15, 0.2) is 0 Å². The van der Waals surface area contributed by atoms with Crippen LogP contribution in [-0.4, -0.2) is 27.2 Å². The molecule has 1 rings (SSSR count). The summed E-state index contributed by atoms with van der Waals surface area (Å²) >= 11 is 5.94. The molecule has 98 valence electrons. The summed E-state index contributed by atoms with van der Waals surface area (Å²) in [6.07, 6.45) is -7.07. The van der Waals surface area contributed by atoms with E-state index in [4.69, 9.17) is 16.7 Å². The van der Waals surface area contributed by atoms with Gasteiger partial charge in [-0.1, -0.05) is 18.5 Å². The second-order valence-corrected chi connectivity index (χ2v) is 4.02. The maximum absolute atomic E-state index is 12.3. The van der Waals surface area contributed by atoms with Crippen LogP contribution in [0.1, 0.15) is 25.2 Å². The molecule has 0 aliphatic carbocycles. The first-order chi connectivity index (χ1) is 7.81. The Hall–Kier alpha value is -0.750. The molecule has 0 saturated heterocycles. The van der Waals surface area contributed by atoms with Crippen LogP contribution in [0.4, 0.5) is 13.2 Å². The summed E-state index contributed by atoms with van der Waals surface area (Å²) < 4.78 is 38.2. The lowest BCUT2D eigenvalue weighted by molar-refractivity contribution is -0.203. The van der Waals surface area contributed by atoms with Crippen molar-refractivity contribution >= 4 is 11.6 Å². The maximum atomic E-state index is 12.3. The van der Waals surface area contributed by atoms with E-state index in [9.17, 15) is 13.2 Å². The Labute approximate surface area is 102 Å². The predicted molar refractivity (Wildman–Crippen MR) is 58.1 cm³/mol. The van der Waals surface area contributed by atoms with Gasteiger partial charge in [0.1, 0.15) is 0 Å². The van der Waals surface area contributed by atoms with Gasteiger partial charge in [-0.05, 0) is 13.3 Å². The molecule has 1 aromatic rings. The van der Waals surface area contributed by atoms with Gasteiger partial charge in [0.25, 0.3) is 0 Å². The van der Waals surface area contributed by atoms with E-state index in [1.165, 1.54) is 4.68 Å². The van der Waals surface area contributed by atoms with E-state index >= 15 is 0 Å². The van der Waals surface area contributed by atoms with Gasteiger partial charge in [-0.3, -0.25) is 4.68 Å². The van der Waals surface area contributed by atoms with Gasteiger partial charge in [0, 0.05) is 13.0 Å². The van der Waals surface area contributed by atoms with Crippen molar-refractivity contribution in [1.29, 1.82) is 0 Å². The third-order valence-corrected chi connectivity index (χ3v) is 2.89. The Morgan fingerprint density at radius 2 is 2.00 bits per heavy atom. The van der Waals surface area contributed by atoms with Gasteiger partial charge in [0.05, 0.1) is 16.4 Å². The van der Waals surface area contributed by atoms with Crippen LogP contribution in [0.25, 0.3) is 0 Å². The van der Waals surface area contributed by atoms with Gasteiger partial charge in [-0.15, -0.1) is 0 Å². The number of aromatic nitrogens is 2. The molecule has 0 aromatic carbocycles. The summed E-state index contributed by atoms with van der Waals surface area (Å²) in [5.74, 6) is 0. The average molecular weight is 271 g/mol. The van der Waals surface area contributed by atoms with Crippen molar-refractivity contribution in [2.75, 3.05) is 0 Å². The van der Waals surface area contributed by atoms with E-state index in [-0.39, 0.29) is 10.7 Å². The maximum Gasteiger partial charge on any atom is 0.414 e. The molecule has 17 heavy (non-hydrogen) atoms. The van der Waals surface area contributed by atoms with E-state index in [2.05, 4.69) is 5.10 Å². The number of hydrogen-bond donors (Lipinski definition) is 1. The summed E-state index contributed by atoms with van der Waals surface area (Å²) in [5.41, 5.74) is 0.786. The Balaban J connectivity index is 3.01. The fraction of sp³-hybridized carbons (Fsp3) is 0.700. The predicted octanol–water partition coefficient (Wildman–Crippen LogP) is 2.58. The normalized spacial score (nSPS) is 14.1. The minimum atomic E-state index is -4.64. The Morgan fingerprint density at radius 3 is 2.41 bits per heavy atom. The van der Waals surface area contributed by atoms with E-state index in [1.54, 1.807) is 6.92 Å². The van der Waals surface area contributed by atoms with E-state index < -0.39 is 18.7 Å². The standard InChI is InChI=1S/C10H14ClF3N2O/c1-3-6-9(11)7(16(4-2)15-6)5-8(17)10(12,13)14/h8,17H,3-5H2,1-2H3. The number of rotatable bonds is 4. The SMILES string of the molecule is CCc1nn(CC)c(CC(O)C(F)(F)F)c1Cl. The zero-order chi connectivity index (χ0) is 13.2. The van der Waals surface area contributed by atoms with Gasteiger partial charge < -0.3 is 5.11 Å². The monoisotopic (exact) mass is 270 g/mol. The van der Waals surface area contributed by atoms with Gasteiger partial charge in [-0.25, -0.2) is 0 Å². The van der Waals surface area contributed by atoms with E-state index in [0.717, 1.165) is 0 Å². The molecule has 0 fully saturated rings. The average Bonchev–Trinajstić information content (AvgIpc) is 2.54. The number of aliphatic hydroxyl groups excluding tert-OH is 1. The molecular formula is C10H14ClF3N2O. The first-order valence-electron chi connectivity index (χ1n) is 5.30. The fourth-order valence-corrected chi connectivity index (χ4v) is 1.86. The first-order valence-corrected chi connectivity index (χ1v) is 5.67. The van der Waals surface area contributed by atoms with Gasteiger partial charge in [-0.2, -0.15) is 18.3 Å². The Kier molecular flexibility index (Phi) is 4.43. The molecule has 1 heterocycles. The van der Waals surface area contributed by atoms with Crippen molar-refractivity contribution in [2.24, 2.45) is 0 Å². The number of halogens is 4. The largest absolute Gasteiger partial charge is 0.414 e. The van der Waals surface area contributed by atoms with Crippen LogP contribution in [0.3, 0.4) is 0 Å². The van der Waals surface area contributed by atoms with Crippen molar-refractivity contribution in [3.63, 3.8) is 0 Å². The molecule has 0 amide bonds. The third kappa shape index (κ3) is 3.13. The Bertz CT molecular complexity index is 390. The van der Waals surface area contributed by atoms with Crippen molar-refractivity contribution < 1.29 is 18.3 Å². The number of nitrogens with zero attached hydrogens (tertiary/aromatic N) is 2. The molecule has 3 nitrogen and oxygen atoms in total. The molecule has 1 N–H and O–H groups in total. The third-order valence-electron chi connectivity index (χ3n) is 2.46. The molecule has 0 aliphatic rings. The highest BCUT2D eigenvalue weighted by molar-refractivity contribution is 6.31. The van der Waals surface area contributed by atoms with Gasteiger partial charge in [0.2, 0.25) is 0 Å². The zero-order valence-corrected chi connectivity index (χ0v) is 10.3. The summed E-state index contributed by atoms with van der Waals surface area (Å²) in [4.78, 5) is 0. The lowest BCUT2D eigenvalue weighted by atomic mass is 10.1. The zero-order valence-electron chi connectivity index (χ0n) is 9.55. The highest BCUT2D eigenvalue weighted by Crippen LogP contribution is 2.28. The van der Waals surface area contributed by atoms with Crippen LogP contribution in [0.5, 0.6) is 0 Å². The number of aliphatic hydroxyl groups is 1. The second-order valence-electron chi connectivity index (χ2n) is 3.64. The Morgan fingerprint density at radius 1 is 1.41 bits per heavy atom. The molecule has 1 aromatic heterocycles. The molecule has 0 spiro atoms. The van der Waals surface area contributed by atoms with E-state index in [0.29, 0.717) is 18.7 Å². The van der Waals surface area contributed by atoms with E-state index in [1.807, 2.05) is 6.92 Å². The lowest BCUT2D eigenvalue weighted by Crippen LogP contribution is -2.31. The minimum absolute atomic E-state index is 0.220. The van der Waals surface area contributed by atoms with Crippen molar-refractivity contribution in [2.45, 2.75) is 45.5 Å². The van der Waals surface area contributed by atoms with Crippen LogP contribution in [0.2, 0.25) is 5.02 Å². The minimum Gasteiger partial charge on any atom is -0.383 e. The summed E-state index contributed by atoms with van der Waals surface area (Å²) in [5, 5.41) is 13.3. The fourth-order valence-electron chi connectivity index (χ4n) is 1.51. The highest BCUT2D eigenvalue weighted by atomic mass is 35.5. The van der Waals surface area contributed by atoms with Crippen LogP contribution < -0.4 is 0 Å². The number of alkyl halides is 3. The van der Waals surface area contributed by atoms with Crippen LogP contribution in [0, 0.1) is 0 Å². The number of aryl methyl sites for hydroxylation is 2. The van der Waals surface area contributed by atoms with Crippen molar-refractivity contribution in [3.8, 4) is 0 Å². The topological polar surface area (TPSA) is 38.0 Å². The molecule has 0 radical (unpaired) electrons. The molecular weight excluding hydrogens is 257 g/mol. The second kappa shape index (κ2) is 5.27. The molecule has 0 saturated carbocycles. The smallest absolute Gasteiger partial charge is 0.383 e. The number of hydrogen-bond acceptors (Lipinski definition) is 2. The summed E-state index contributed by atoms with van der Waals surface area (Å²) in [7, 11) is 0. The molecule has 1 atom stereocenters. The summed E-state index contributed by atoms with van der Waals surface area (Å²) in [6.45, 7) is 3.99. The molecule has 7 heteroatoms. The molecule has 0 bridgehead atoms. The first kappa shape index (κ1) is 14.3. The lowest BCUT2D eigenvalue weighted by Gasteiger charge is -2.15. The highest BCUT2D eigenvalue weighted by Gasteiger charge is 2.39. The van der Waals surface area contributed by atoms with Gasteiger partial charge >= 0.3 is 6.18 Å². The van der Waals surface area contributed by atoms with Crippen molar-refractivity contribution in [3.05, 3.63) is 16.4 Å². The van der Waals surface area contributed by atoms with Crippen LogP contribution >= 0.6 is 11.6 Å². The molecule has 1 unspecified atom stereocenters. The van der Waals surface area contributed by atoms with Gasteiger partial charge in [0.15, 0.2) is 6.10 Å². The van der Waals surface area contributed by atoms with Crippen molar-refractivity contribution in [1.82, 2.24) is 9.78 Å². The quantitative estimate of drug-likeness (QED) is 0.913. The molecule has 0 aliphatic heterocycles.